The number of rotatable bonds is 7. The fraction of sp³-hybridized carbons (Fsp3) is 0.385. The largest absolute Gasteiger partial charge is 0.465 e. The quantitative estimate of drug-likeness (QED) is 0.339. The number of carbonyl (C=O) groups excluding carboxylic acids is 2. The molecule has 0 aliphatic rings. The Bertz CT molecular complexity index is 578. The van der Waals surface area contributed by atoms with E-state index in [9.17, 15) is 19.7 Å². The van der Waals surface area contributed by atoms with Gasteiger partial charge in [-0.25, -0.2) is 4.79 Å². The lowest BCUT2D eigenvalue weighted by atomic mass is 10.0. The highest BCUT2D eigenvalue weighted by atomic mass is 35.5. The van der Waals surface area contributed by atoms with Crippen LogP contribution < -0.4 is 5.73 Å². The van der Waals surface area contributed by atoms with Crippen LogP contribution >= 0.6 is 23.2 Å². The number of halogens is 2. The summed E-state index contributed by atoms with van der Waals surface area (Å²) >= 11 is 10.8. The van der Waals surface area contributed by atoms with E-state index in [0.29, 0.717) is 0 Å². The second kappa shape index (κ2) is 8.66. The maximum atomic E-state index is 11.8. The van der Waals surface area contributed by atoms with Crippen LogP contribution in [0.15, 0.2) is 24.3 Å². The average molecular weight is 365 g/mol. The van der Waals surface area contributed by atoms with Gasteiger partial charge in [0.15, 0.2) is 6.10 Å². The molecule has 0 bridgehead atoms. The Morgan fingerprint density at radius 2 is 1.83 bits per heavy atom. The highest BCUT2D eigenvalue weighted by molar-refractivity contribution is 6.52. The lowest BCUT2D eigenvalue weighted by Gasteiger charge is -2.23. The number of esters is 2. The normalized spacial score (nSPS) is 13.3. The van der Waals surface area contributed by atoms with Crippen molar-refractivity contribution in [2.45, 2.75) is 23.9 Å². The van der Waals surface area contributed by atoms with E-state index < -0.39 is 33.8 Å². The number of carbonyl (C=O) groups is 2. The molecule has 0 amide bonds. The third-order valence-electron chi connectivity index (χ3n) is 2.74. The van der Waals surface area contributed by atoms with E-state index >= 15 is 0 Å². The molecular formula is C13H14Cl2N2O6. The maximum absolute atomic E-state index is 11.8. The highest BCUT2D eigenvalue weighted by Gasteiger charge is 2.32. The third-order valence-corrected chi connectivity index (χ3v) is 3.10. The van der Waals surface area contributed by atoms with Crippen LogP contribution in [0.3, 0.4) is 0 Å². The smallest absolute Gasteiger partial charge is 0.340 e. The van der Waals surface area contributed by atoms with Crippen molar-refractivity contribution >= 4 is 40.8 Å². The van der Waals surface area contributed by atoms with E-state index in [-0.39, 0.29) is 17.9 Å². The first-order valence-corrected chi connectivity index (χ1v) is 7.30. The second-order valence-corrected chi connectivity index (χ2v) is 5.38. The second-order valence-electron chi connectivity index (χ2n) is 4.28. The average Bonchev–Trinajstić information content (AvgIpc) is 2.51. The van der Waals surface area contributed by atoms with Crippen molar-refractivity contribution < 1.29 is 24.0 Å². The Morgan fingerprint density at radius 3 is 2.26 bits per heavy atom. The molecule has 2 N–H and O–H groups in total. The zero-order valence-electron chi connectivity index (χ0n) is 12.0. The highest BCUT2D eigenvalue weighted by Crippen LogP contribution is 2.25. The van der Waals surface area contributed by atoms with Crippen LogP contribution in [0.5, 0.6) is 0 Å². The summed E-state index contributed by atoms with van der Waals surface area (Å²) in [6.07, 6.45) is -1.25. The minimum atomic E-state index is -1.47. The summed E-state index contributed by atoms with van der Waals surface area (Å²) in [7, 11) is 0. The van der Waals surface area contributed by atoms with Crippen molar-refractivity contribution in [2.75, 3.05) is 6.61 Å². The van der Waals surface area contributed by atoms with E-state index in [0.717, 1.165) is 0 Å². The topological polar surface area (TPSA) is 122 Å². The number of nitrogens with two attached hydrogens (primary N) is 1. The van der Waals surface area contributed by atoms with Crippen molar-refractivity contribution in [1.29, 1.82) is 0 Å². The number of hydrogen-bond acceptors (Lipinski definition) is 7. The van der Waals surface area contributed by atoms with Crippen LogP contribution in [0.1, 0.15) is 18.6 Å². The van der Waals surface area contributed by atoms with Crippen molar-refractivity contribution in [1.82, 2.24) is 0 Å². The summed E-state index contributed by atoms with van der Waals surface area (Å²) < 4.78 is 9.81. The van der Waals surface area contributed by atoms with Gasteiger partial charge in [0.1, 0.15) is 6.04 Å². The lowest BCUT2D eigenvalue weighted by Crippen LogP contribution is -2.40. The van der Waals surface area contributed by atoms with Crippen LogP contribution in [0.25, 0.3) is 0 Å². The Hall–Kier alpha value is -1.90. The predicted molar refractivity (Wildman–Crippen MR) is 82.0 cm³/mol. The van der Waals surface area contributed by atoms with Gasteiger partial charge in [-0.05, 0) is 24.6 Å². The maximum Gasteiger partial charge on any atom is 0.340 e. The van der Waals surface area contributed by atoms with Gasteiger partial charge < -0.3 is 15.2 Å². The van der Waals surface area contributed by atoms with Gasteiger partial charge in [0.25, 0.3) is 5.69 Å². The summed E-state index contributed by atoms with van der Waals surface area (Å²) in [5.41, 5.74) is 5.85. The fourth-order valence-corrected chi connectivity index (χ4v) is 1.78. The van der Waals surface area contributed by atoms with Crippen molar-refractivity contribution in [3.05, 3.63) is 39.9 Å². The SMILES string of the molecule is CCOC(=O)[C@@H](N)[C@H](OC(=O)C(Cl)Cl)c1ccc([N+](=O)[O-])cc1. The van der Waals surface area contributed by atoms with Gasteiger partial charge in [-0.3, -0.25) is 14.9 Å². The Morgan fingerprint density at radius 1 is 1.26 bits per heavy atom. The van der Waals surface area contributed by atoms with Gasteiger partial charge in [0.2, 0.25) is 4.84 Å². The Labute approximate surface area is 141 Å². The minimum absolute atomic E-state index is 0.0844. The molecule has 1 rings (SSSR count). The van der Waals surface area contributed by atoms with Crippen molar-refractivity contribution in [3.8, 4) is 0 Å². The fourth-order valence-electron chi connectivity index (χ4n) is 1.67. The van der Waals surface area contributed by atoms with E-state index in [2.05, 4.69) is 0 Å². The molecule has 10 heteroatoms. The van der Waals surface area contributed by atoms with Crippen LogP contribution in [0.4, 0.5) is 5.69 Å². The monoisotopic (exact) mass is 364 g/mol. The lowest BCUT2D eigenvalue weighted by molar-refractivity contribution is -0.384. The molecule has 0 unspecified atom stereocenters. The van der Waals surface area contributed by atoms with Gasteiger partial charge in [0, 0.05) is 12.1 Å². The van der Waals surface area contributed by atoms with Gasteiger partial charge in [-0.1, -0.05) is 23.2 Å². The number of non-ortho nitro benzene ring substituents is 1. The first kappa shape index (κ1) is 19.1. The number of nitro benzene ring substituents is 1. The first-order valence-electron chi connectivity index (χ1n) is 6.43. The van der Waals surface area contributed by atoms with Crippen LogP contribution in [-0.2, 0) is 19.1 Å². The first-order chi connectivity index (χ1) is 10.8. The standard InChI is InChI=1S/C13H14Cl2N2O6/c1-2-22-12(18)9(16)10(23-13(19)11(14)15)7-3-5-8(6-4-7)17(20)21/h3-6,9-11H,2,16H2,1H3/t9-,10+/m0/s1. The molecule has 1 aromatic carbocycles. The number of hydrogen-bond donors (Lipinski definition) is 1. The molecule has 0 spiro atoms. The zero-order chi connectivity index (χ0) is 17.6. The van der Waals surface area contributed by atoms with Gasteiger partial charge in [-0.2, -0.15) is 0 Å². The van der Waals surface area contributed by atoms with Gasteiger partial charge in [0.05, 0.1) is 11.5 Å². The Balaban J connectivity index is 3.09. The number of nitro groups is 1. The molecule has 0 aliphatic heterocycles. The van der Waals surface area contributed by atoms with Gasteiger partial charge in [-0.15, -0.1) is 0 Å². The summed E-state index contributed by atoms with van der Waals surface area (Å²) in [6, 6.07) is 3.66. The molecular weight excluding hydrogens is 351 g/mol. The number of nitrogens with zero attached hydrogens (tertiary/aromatic N) is 1. The molecule has 0 saturated heterocycles. The molecule has 0 radical (unpaired) electrons. The molecule has 0 fully saturated rings. The van der Waals surface area contributed by atoms with Gasteiger partial charge >= 0.3 is 11.9 Å². The molecule has 0 aliphatic carbocycles. The van der Waals surface area contributed by atoms with Crippen LogP contribution in [0, 0.1) is 10.1 Å². The minimum Gasteiger partial charge on any atom is -0.465 e. The number of alkyl halides is 2. The summed E-state index contributed by atoms with van der Waals surface area (Å²) in [5.74, 6) is -1.80. The van der Waals surface area contributed by atoms with E-state index in [1.54, 1.807) is 6.92 Å². The molecule has 0 saturated carbocycles. The summed E-state index contributed by atoms with van der Waals surface area (Å²) in [4.78, 5) is 32.0. The van der Waals surface area contributed by atoms with E-state index in [4.69, 9.17) is 38.4 Å². The molecule has 126 valence electrons. The third kappa shape index (κ3) is 5.34. The Kier molecular flexibility index (Phi) is 7.21. The zero-order valence-corrected chi connectivity index (χ0v) is 13.5. The molecule has 0 heterocycles. The summed E-state index contributed by atoms with van der Waals surface area (Å²) in [5, 5.41) is 10.7. The molecule has 8 nitrogen and oxygen atoms in total. The van der Waals surface area contributed by atoms with Crippen LogP contribution in [0.2, 0.25) is 0 Å². The molecule has 2 atom stereocenters. The number of benzene rings is 1. The van der Waals surface area contributed by atoms with E-state index in [1.165, 1.54) is 24.3 Å². The van der Waals surface area contributed by atoms with Crippen molar-refractivity contribution in [2.24, 2.45) is 5.73 Å². The predicted octanol–water partition coefficient (Wildman–Crippen LogP) is 1.87. The van der Waals surface area contributed by atoms with Crippen molar-refractivity contribution in [3.63, 3.8) is 0 Å². The number of ether oxygens (including phenoxy) is 2. The molecule has 23 heavy (non-hydrogen) atoms. The summed E-state index contributed by atoms with van der Waals surface area (Å²) in [6.45, 7) is 1.67. The molecule has 0 aromatic heterocycles. The van der Waals surface area contributed by atoms with E-state index in [1.807, 2.05) is 0 Å². The molecule has 1 aromatic rings. The van der Waals surface area contributed by atoms with Crippen LogP contribution in [-0.4, -0.2) is 34.3 Å².